The van der Waals surface area contributed by atoms with Gasteiger partial charge in [0, 0.05) is 68.9 Å². The summed E-state index contributed by atoms with van der Waals surface area (Å²) in [6.07, 6.45) is 5.72. The lowest BCUT2D eigenvalue weighted by atomic mass is 9.92. The predicted octanol–water partition coefficient (Wildman–Crippen LogP) is 13.7. The van der Waals surface area contributed by atoms with Crippen LogP contribution < -0.4 is 25.3 Å². The van der Waals surface area contributed by atoms with Crippen LogP contribution in [0.15, 0.2) is 187 Å². The van der Waals surface area contributed by atoms with E-state index in [-0.39, 0.29) is 23.2 Å². The van der Waals surface area contributed by atoms with Crippen LogP contribution in [0.2, 0.25) is 0 Å². The van der Waals surface area contributed by atoms with Crippen molar-refractivity contribution in [3.05, 3.63) is 241 Å². The average Bonchev–Trinajstić information content (AvgIpc) is 4.58. The number of halogens is 1. The van der Waals surface area contributed by atoms with E-state index in [1.807, 2.05) is 70.4 Å². The van der Waals surface area contributed by atoms with Crippen LogP contribution in [-0.2, 0) is 19.3 Å². The lowest BCUT2D eigenvalue weighted by Crippen LogP contribution is -2.40. The number of rotatable bonds is 10. The molecule has 2 unspecified atom stereocenters. The molecule has 7 heterocycles. The summed E-state index contributed by atoms with van der Waals surface area (Å²) in [6, 6.07) is 55.9. The van der Waals surface area contributed by atoms with E-state index in [9.17, 15) is 14.4 Å². The van der Waals surface area contributed by atoms with Crippen molar-refractivity contribution in [3.8, 4) is 17.2 Å². The Balaban J connectivity index is 0.000000130. The van der Waals surface area contributed by atoms with E-state index in [1.54, 1.807) is 57.7 Å². The van der Waals surface area contributed by atoms with E-state index in [2.05, 4.69) is 105 Å². The molecule has 5 aromatic heterocycles. The van der Waals surface area contributed by atoms with Crippen LogP contribution in [0.3, 0.4) is 0 Å². The van der Waals surface area contributed by atoms with Crippen molar-refractivity contribution < 1.29 is 28.6 Å². The van der Waals surface area contributed by atoms with Crippen LogP contribution in [0.1, 0.15) is 81.0 Å². The third-order valence-electron chi connectivity index (χ3n) is 13.8. The summed E-state index contributed by atoms with van der Waals surface area (Å²) in [5.74, 6) is 2.56. The number of carbonyl (C=O) groups is 3. The summed E-state index contributed by atoms with van der Waals surface area (Å²) in [5.41, 5.74) is 18.5. The molecule has 402 valence electrons. The monoisotopic (exact) mass is 1110 g/mol. The molecule has 11 aromatic rings. The van der Waals surface area contributed by atoms with Crippen molar-refractivity contribution in [2.75, 3.05) is 41.0 Å². The Morgan fingerprint density at radius 1 is 0.620 bits per heavy atom. The number of para-hydroxylation sites is 3. The van der Waals surface area contributed by atoms with Crippen LogP contribution in [0.5, 0.6) is 17.2 Å². The molecule has 0 saturated heterocycles. The topological polar surface area (TPSA) is 168 Å². The van der Waals surface area contributed by atoms with Crippen LogP contribution in [0.4, 0.5) is 0 Å². The number of thiophene rings is 2. The fourth-order valence-corrected chi connectivity index (χ4v) is 11.4. The van der Waals surface area contributed by atoms with E-state index in [4.69, 9.17) is 31.5 Å². The van der Waals surface area contributed by atoms with Gasteiger partial charge >= 0.3 is 0 Å². The number of nitrogens with zero attached hydrogens (tertiary/aromatic N) is 1. The number of amides is 1. The molecule has 0 radical (unpaired) electrons. The summed E-state index contributed by atoms with van der Waals surface area (Å²) in [7, 11) is 4.96. The molecule has 2 aliphatic rings. The number of fused-ring (bicyclic) bond motifs is 7. The molecule has 13 rings (SSSR count). The number of nitrogens with two attached hydrogens (primary N) is 1. The number of H-pyrrole nitrogens is 3. The second-order valence-corrected chi connectivity index (χ2v) is 20.7. The Morgan fingerprint density at radius 3 is 1.67 bits per heavy atom. The van der Waals surface area contributed by atoms with Crippen molar-refractivity contribution in [2.45, 2.75) is 31.3 Å². The molecule has 79 heavy (non-hydrogen) atoms. The Kier molecular flexibility index (Phi) is 18.9. The van der Waals surface area contributed by atoms with E-state index in [1.165, 1.54) is 77.8 Å². The smallest absolute Gasteiger partial charge is 0.264 e. The molecule has 2 atom stereocenters. The summed E-state index contributed by atoms with van der Waals surface area (Å²) >= 11 is 7.96. The standard InChI is InChI=1S/C23H20N2O2S.C18H18N2O.C10H12N2.C8H8O2.C5H3ClOS/c1-27-16-10-8-15(9-11-16)22-21-18(17-5-2-3-6-19(17)24-21)12-13-25(22)23(26)20-7-4-14-28-20;1-21-13-8-6-12(7-9-13)17-18-15(10-11-19-17)14-4-2-3-5-16(14)20-18;11-6-5-8-7-12-10-4-2-1-3-9(8)10;1-10-8-4-2-7(6-9)3-5-8;6-5(7)4-2-1-3-8-4/h2-11,14,22,24H,12-13H2,1H3;2-9,17,19-20H,10-11H2,1H3;1-4,7,12H,5-6,11H2;2-6H,1H3;1-3H. The van der Waals surface area contributed by atoms with Gasteiger partial charge in [-0.25, -0.2) is 0 Å². The number of aldehydes is 1. The number of carbonyl (C=O) groups excluding carboxylic acids is 3. The van der Waals surface area contributed by atoms with Crippen molar-refractivity contribution in [1.29, 1.82) is 0 Å². The molecular weight excluding hydrogens is 1050 g/mol. The van der Waals surface area contributed by atoms with Crippen LogP contribution in [-0.4, -0.2) is 78.3 Å². The van der Waals surface area contributed by atoms with E-state index in [0.717, 1.165) is 71.0 Å². The first kappa shape index (κ1) is 55.5. The molecule has 6 aromatic carbocycles. The number of aromatic amines is 3. The zero-order valence-corrected chi connectivity index (χ0v) is 46.4. The van der Waals surface area contributed by atoms with Crippen LogP contribution >= 0.6 is 34.3 Å². The zero-order valence-electron chi connectivity index (χ0n) is 44.0. The molecule has 0 fully saturated rings. The quantitative estimate of drug-likeness (QED) is 0.0666. The SMILES string of the molecule is COc1ccc(C2NCCc3c2[nH]c2ccccc32)cc1.COc1ccc(C2c3[nH]c4ccccc4c3CCN2C(=O)c2cccs2)cc1.COc1ccc(C=O)cc1.NCCc1c[nH]c2ccccc12.O=C(Cl)c1cccs1. The first-order chi connectivity index (χ1) is 38.7. The highest BCUT2D eigenvalue weighted by atomic mass is 35.5. The zero-order chi connectivity index (χ0) is 55.1. The highest BCUT2D eigenvalue weighted by Crippen LogP contribution is 2.40. The van der Waals surface area contributed by atoms with Crippen molar-refractivity contribution >= 4 is 84.4 Å². The molecule has 12 nitrogen and oxygen atoms in total. The Hall–Kier alpha value is -8.24. The summed E-state index contributed by atoms with van der Waals surface area (Å²) in [6.45, 7) is 2.41. The van der Waals surface area contributed by atoms with Crippen molar-refractivity contribution in [1.82, 2.24) is 25.2 Å². The highest BCUT2D eigenvalue weighted by Gasteiger charge is 2.35. The van der Waals surface area contributed by atoms with Gasteiger partial charge in [-0.3, -0.25) is 14.4 Å². The Morgan fingerprint density at radius 2 is 1.14 bits per heavy atom. The average molecular weight is 1110 g/mol. The molecule has 0 aliphatic carbocycles. The minimum atomic E-state index is -0.375. The largest absolute Gasteiger partial charge is 0.497 e. The maximum Gasteiger partial charge on any atom is 0.264 e. The first-order valence-electron chi connectivity index (χ1n) is 25.8. The molecule has 0 spiro atoms. The van der Waals surface area contributed by atoms with Gasteiger partial charge in [-0.05, 0) is 155 Å². The van der Waals surface area contributed by atoms with Crippen LogP contribution in [0, 0.1) is 0 Å². The Labute approximate surface area is 472 Å². The number of hydrogen-bond acceptors (Lipinski definition) is 10. The molecule has 0 saturated carbocycles. The van der Waals surface area contributed by atoms with Crippen molar-refractivity contribution in [2.24, 2.45) is 5.73 Å². The van der Waals surface area contributed by atoms with Gasteiger partial charge in [-0.2, -0.15) is 0 Å². The number of aromatic nitrogens is 3. The van der Waals surface area contributed by atoms with Gasteiger partial charge in [0.2, 0.25) is 0 Å². The van der Waals surface area contributed by atoms with Gasteiger partial charge in [-0.1, -0.05) is 91.0 Å². The van der Waals surface area contributed by atoms with Gasteiger partial charge in [0.1, 0.15) is 23.5 Å². The minimum Gasteiger partial charge on any atom is -0.497 e. The van der Waals surface area contributed by atoms with E-state index in [0.29, 0.717) is 23.5 Å². The van der Waals surface area contributed by atoms with Gasteiger partial charge in [-0.15, -0.1) is 22.7 Å². The molecule has 6 N–H and O–H groups in total. The molecule has 0 bridgehead atoms. The summed E-state index contributed by atoms with van der Waals surface area (Å²) in [5, 5.41) is 10.9. The number of nitrogens with one attached hydrogen (secondary N) is 4. The molecule has 15 heteroatoms. The van der Waals surface area contributed by atoms with Gasteiger partial charge in [0.05, 0.1) is 43.2 Å². The predicted molar refractivity (Wildman–Crippen MR) is 321 cm³/mol. The lowest BCUT2D eigenvalue weighted by Gasteiger charge is -2.36. The third-order valence-corrected chi connectivity index (χ3v) is 15.9. The highest BCUT2D eigenvalue weighted by molar-refractivity contribution is 7.14. The number of hydrogen-bond donors (Lipinski definition) is 5. The summed E-state index contributed by atoms with van der Waals surface area (Å²) < 4.78 is 15.5. The fraction of sp³-hybridized carbons (Fsp3) is 0.172. The number of benzene rings is 6. The van der Waals surface area contributed by atoms with Gasteiger partial charge in [0.15, 0.2) is 0 Å². The molecule has 1 amide bonds. The Bertz CT molecular complexity index is 3720. The normalized spacial score (nSPS) is 14.1. The van der Waals surface area contributed by atoms with Crippen molar-refractivity contribution in [3.63, 3.8) is 0 Å². The first-order valence-corrected chi connectivity index (χ1v) is 28.0. The lowest BCUT2D eigenvalue weighted by molar-refractivity contribution is 0.0696. The summed E-state index contributed by atoms with van der Waals surface area (Å²) in [4.78, 5) is 47.5. The van der Waals surface area contributed by atoms with Gasteiger partial charge < -0.3 is 45.1 Å². The van der Waals surface area contributed by atoms with Gasteiger partial charge in [0.25, 0.3) is 11.1 Å². The second-order valence-electron chi connectivity index (χ2n) is 18.5. The maximum absolute atomic E-state index is 13.3. The minimum absolute atomic E-state index is 0.0834. The molecule has 2 aliphatic heterocycles. The fourth-order valence-electron chi connectivity index (χ4n) is 9.96. The van der Waals surface area contributed by atoms with Crippen LogP contribution in [0.25, 0.3) is 32.7 Å². The number of methoxy groups -OCH3 is 3. The molecular formula is C64H61ClN6O6S2. The third kappa shape index (κ3) is 13.2. The second kappa shape index (κ2) is 26.9. The maximum atomic E-state index is 13.3. The van der Waals surface area contributed by atoms with E-state index >= 15 is 0 Å². The van der Waals surface area contributed by atoms with E-state index < -0.39 is 0 Å². The number of ether oxygens (including phenoxy) is 3.